The molecule has 0 radical (unpaired) electrons. The highest BCUT2D eigenvalue weighted by molar-refractivity contribution is 7.19. The van der Waals surface area contributed by atoms with Gasteiger partial charge < -0.3 is 14.6 Å². The number of aliphatic carboxylic acids is 1. The molecule has 0 spiro atoms. The second-order valence-electron chi connectivity index (χ2n) is 6.22. The highest BCUT2D eigenvalue weighted by atomic mass is 35.5. The van der Waals surface area contributed by atoms with Crippen LogP contribution in [0.25, 0.3) is 10.6 Å². The average Bonchev–Trinajstić information content (AvgIpc) is 2.87. The summed E-state index contributed by atoms with van der Waals surface area (Å²) in [4.78, 5) is 27.9. The van der Waals surface area contributed by atoms with Crippen LogP contribution in [-0.4, -0.2) is 28.8 Å². The Morgan fingerprint density at radius 3 is 2.77 bits per heavy atom. The molecule has 0 amide bonds. The molecule has 1 saturated carbocycles. The van der Waals surface area contributed by atoms with Crippen molar-refractivity contribution in [3.63, 3.8) is 0 Å². The van der Waals surface area contributed by atoms with E-state index in [4.69, 9.17) is 26.2 Å². The third-order valence-electron chi connectivity index (χ3n) is 4.25. The minimum atomic E-state index is -0.938. The van der Waals surface area contributed by atoms with Crippen LogP contribution in [-0.2, 0) is 16.0 Å². The van der Waals surface area contributed by atoms with E-state index < -0.39 is 12.1 Å². The van der Waals surface area contributed by atoms with E-state index >= 15 is 0 Å². The summed E-state index contributed by atoms with van der Waals surface area (Å²) < 4.78 is 10.8. The van der Waals surface area contributed by atoms with E-state index in [1.165, 1.54) is 17.8 Å². The molecule has 0 bridgehead atoms. The normalized spacial score (nSPS) is 13.9. The van der Waals surface area contributed by atoms with Crippen molar-refractivity contribution in [2.24, 2.45) is 5.92 Å². The number of thiophene rings is 1. The number of pyridine rings is 1. The summed E-state index contributed by atoms with van der Waals surface area (Å²) in [6.45, 7) is 2.10. The maximum Gasteiger partial charge on any atom is 0.513 e. The van der Waals surface area contributed by atoms with E-state index in [1.807, 2.05) is 0 Å². The van der Waals surface area contributed by atoms with Gasteiger partial charge in [0.05, 0.1) is 33.6 Å². The molecule has 1 aliphatic rings. The van der Waals surface area contributed by atoms with Crippen LogP contribution in [0.2, 0.25) is 4.34 Å². The fourth-order valence-electron chi connectivity index (χ4n) is 2.65. The molecular formula is C18H18ClNO5S. The molecule has 26 heavy (non-hydrogen) atoms. The van der Waals surface area contributed by atoms with Crippen molar-refractivity contribution in [3.05, 3.63) is 33.8 Å². The van der Waals surface area contributed by atoms with E-state index in [0.29, 0.717) is 44.4 Å². The summed E-state index contributed by atoms with van der Waals surface area (Å²) in [6.07, 6.45) is 2.49. The lowest BCUT2D eigenvalue weighted by Crippen LogP contribution is -2.21. The minimum absolute atomic E-state index is 0.134. The molecule has 0 saturated heterocycles. The quantitative estimate of drug-likeness (QED) is 0.712. The third-order valence-corrected chi connectivity index (χ3v) is 5.57. The highest BCUT2D eigenvalue weighted by Crippen LogP contribution is 2.36. The zero-order valence-corrected chi connectivity index (χ0v) is 15.7. The number of rotatable bonds is 6. The van der Waals surface area contributed by atoms with Crippen LogP contribution in [0.5, 0.6) is 5.75 Å². The lowest BCUT2D eigenvalue weighted by molar-refractivity contribution is -0.136. The molecule has 8 heteroatoms. The molecule has 0 atom stereocenters. The van der Waals surface area contributed by atoms with E-state index in [1.54, 1.807) is 25.1 Å². The maximum atomic E-state index is 11.8. The molecule has 2 heterocycles. The molecule has 6 nitrogen and oxygen atoms in total. The summed E-state index contributed by atoms with van der Waals surface area (Å²) in [6, 6.07) is 4.93. The van der Waals surface area contributed by atoms with E-state index in [9.17, 15) is 9.59 Å². The van der Waals surface area contributed by atoms with Gasteiger partial charge in [0, 0.05) is 0 Å². The molecule has 1 fully saturated rings. The van der Waals surface area contributed by atoms with Gasteiger partial charge in [-0.15, -0.1) is 11.3 Å². The van der Waals surface area contributed by atoms with E-state index in [-0.39, 0.29) is 6.42 Å². The van der Waals surface area contributed by atoms with Crippen LogP contribution >= 0.6 is 22.9 Å². The van der Waals surface area contributed by atoms with Crippen LogP contribution in [0.1, 0.15) is 30.5 Å². The molecular weight excluding hydrogens is 378 g/mol. The molecule has 2 aromatic rings. The van der Waals surface area contributed by atoms with Crippen LogP contribution in [0.4, 0.5) is 4.79 Å². The predicted molar refractivity (Wildman–Crippen MR) is 98.0 cm³/mol. The fourth-order valence-corrected chi connectivity index (χ4v) is 3.89. The Balaban J connectivity index is 1.71. The van der Waals surface area contributed by atoms with Crippen LogP contribution in [0.15, 0.2) is 18.2 Å². The van der Waals surface area contributed by atoms with E-state index in [2.05, 4.69) is 4.98 Å². The van der Waals surface area contributed by atoms with Crippen LogP contribution in [0.3, 0.4) is 0 Å². The Labute approximate surface area is 159 Å². The van der Waals surface area contributed by atoms with Gasteiger partial charge in [0.1, 0.15) is 0 Å². The SMILES string of the molecule is Cc1nc(-c2sc(Cl)cc2CC(=O)O)ccc1OC(=O)OCC1CCC1. The van der Waals surface area contributed by atoms with Gasteiger partial charge in [-0.05, 0) is 49.4 Å². The number of nitrogens with zero attached hydrogens (tertiary/aromatic N) is 1. The third kappa shape index (κ3) is 4.53. The van der Waals surface area contributed by atoms with Gasteiger partial charge in [-0.3, -0.25) is 4.79 Å². The van der Waals surface area contributed by atoms with Crippen molar-refractivity contribution in [1.82, 2.24) is 4.98 Å². The Bertz CT molecular complexity index is 831. The molecule has 0 aliphatic heterocycles. The highest BCUT2D eigenvalue weighted by Gasteiger charge is 2.21. The summed E-state index contributed by atoms with van der Waals surface area (Å²) in [5.74, 6) is -0.179. The topological polar surface area (TPSA) is 85.7 Å². The number of carbonyl (C=O) groups excluding carboxylic acids is 1. The Hall–Kier alpha value is -2.12. The van der Waals surface area contributed by atoms with Crippen LogP contribution in [0, 0.1) is 12.8 Å². The minimum Gasteiger partial charge on any atom is -0.481 e. The lowest BCUT2D eigenvalue weighted by atomic mass is 9.86. The molecule has 138 valence electrons. The zero-order valence-electron chi connectivity index (χ0n) is 14.2. The number of aryl methyl sites for hydroxylation is 1. The number of ether oxygens (including phenoxy) is 2. The number of carboxylic acids is 1. The number of aromatic nitrogens is 1. The molecule has 0 aromatic carbocycles. The zero-order chi connectivity index (χ0) is 18.7. The first kappa shape index (κ1) is 18.7. The predicted octanol–water partition coefficient (Wildman–Crippen LogP) is 4.71. The Morgan fingerprint density at radius 2 is 2.15 bits per heavy atom. The second-order valence-corrected chi connectivity index (χ2v) is 7.90. The number of carbonyl (C=O) groups is 2. The van der Waals surface area contributed by atoms with Gasteiger partial charge in [-0.2, -0.15) is 0 Å². The van der Waals surface area contributed by atoms with E-state index in [0.717, 1.165) is 12.8 Å². The Kier molecular flexibility index (Phi) is 5.78. The first-order valence-corrected chi connectivity index (χ1v) is 9.44. The van der Waals surface area contributed by atoms with Gasteiger partial charge in [-0.25, -0.2) is 9.78 Å². The van der Waals surface area contributed by atoms with Crippen molar-refractivity contribution in [2.75, 3.05) is 6.61 Å². The van der Waals surface area contributed by atoms with Gasteiger partial charge >= 0.3 is 12.1 Å². The second kappa shape index (κ2) is 8.05. The molecule has 1 aliphatic carbocycles. The first-order chi connectivity index (χ1) is 12.4. The smallest absolute Gasteiger partial charge is 0.481 e. The number of hydrogen-bond acceptors (Lipinski definition) is 6. The first-order valence-electron chi connectivity index (χ1n) is 8.25. The fraction of sp³-hybridized carbons (Fsp3) is 0.389. The van der Waals surface area contributed by atoms with Crippen LogP contribution < -0.4 is 4.74 Å². The summed E-state index contributed by atoms with van der Waals surface area (Å²) in [5, 5.41) is 9.03. The lowest BCUT2D eigenvalue weighted by Gasteiger charge is -2.24. The van der Waals surface area contributed by atoms with Crippen molar-refractivity contribution in [3.8, 4) is 16.3 Å². The average molecular weight is 396 g/mol. The van der Waals surface area contributed by atoms with Gasteiger partial charge in [0.15, 0.2) is 5.75 Å². The van der Waals surface area contributed by atoms with Crippen molar-refractivity contribution in [2.45, 2.75) is 32.6 Å². The van der Waals surface area contributed by atoms with Crippen molar-refractivity contribution in [1.29, 1.82) is 0 Å². The monoisotopic (exact) mass is 395 g/mol. The largest absolute Gasteiger partial charge is 0.513 e. The maximum absolute atomic E-state index is 11.8. The number of carboxylic acid groups (broad SMARTS) is 1. The molecule has 3 rings (SSSR count). The molecule has 0 unspecified atom stereocenters. The number of hydrogen-bond donors (Lipinski definition) is 1. The van der Waals surface area contributed by atoms with Gasteiger partial charge in [0.2, 0.25) is 0 Å². The molecule has 2 aromatic heterocycles. The van der Waals surface area contributed by atoms with Gasteiger partial charge in [-0.1, -0.05) is 18.0 Å². The van der Waals surface area contributed by atoms with Crippen molar-refractivity contribution >= 4 is 35.1 Å². The summed E-state index contributed by atoms with van der Waals surface area (Å²) in [7, 11) is 0. The number of halogens is 1. The summed E-state index contributed by atoms with van der Waals surface area (Å²) >= 11 is 7.29. The standard InChI is InChI=1S/C18H18ClNO5S/c1-10-14(25-18(23)24-9-11-3-2-4-11)6-5-13(20-10)17-12(8-16(21)22)7-15(19)26-17/h5-7,11H,2-4,8-9H2,1H3,(H,21,22). The molecule has 1 N–H and O–H groups in total. The summed E-state index contributed by atoms with van der Waals surface area (Å²) in [5.41, 5.74) is 1.70. The Morgan fingerprint density at radius 1 is 1.38 bits per heavy atom. The van der Waals surface area contributed by atoms with Crippen molar-refractivity contribution < 1.29 is 24.2 Å². The van der Waals surface area contributed by atoms with Gasteiger partial charge in [0.25, 0.3) is 0 Å².